The highest BCUT2D eigenvalue weighted by atomic mass is 16.5. The second kappa shape index (κ2) is 24.2. The van der Waals surface area contributed by atoms with Gasteiger partial charge in [-0.1, -0.05) is 104 Å². The number of benzene rings is 3. The Morgan fingerprint density at radius 3 is 1.35 bits per heavy atom. The van der Waals surface area contributed by atoms with E-state index < -0.39 is 11.9 Å². The summed E-state index contributed by atoms with van der Waals surface area (Å²) >= 11 is 0. The quantitative estimate of drug-likeness (QED) is 0.0476. The Labute approximate surface area is 294 Å². The van der Waals surface area contributed by atoms with Gasteiger partial charge in [-0.2, -0.15) is 0 Å². The maximum Gasteiger partial charge on any atom is 0.343 e. The van der Waals surface area contributed by atoms with Crippen LogP contribution in [0.25, 0.3) is 0 Å². The number of ether oxygens (including phenoxy) is 5. The van der Waals surface area contributed by atoms with Crippen LogP contribution in [-0.4, -0.2) is 31.8 Å². The Bertz CT molecular complexity index is 1330. The number of hydrogen-bond acceptors (Lipinski definition) is 7. The minimum Gasteiger partial charge on any atom is -0.494 e. The van der Waals surface area contributed by atoms with Crippen LogP contribution < -0.4 is 23.7 Å². The van der Waals surface area contributed by atoms with Gasteiger partial charge in [0.1, 0.15) is 17.2 Å². The number of carbonyl (C=O) groups is 2. The molecule has 3 aromatic carbocycles. The van der Waals surface area contributed by atoms with Crippen LogP contribution >= 0.6 is 0 Å². The molecule has 3 aromatic rings. The van der Waals surface area contributed by atoms with Crippen molar-refractivity contribution in [3.05, 3.63) is 77.9 Å². The Balaban J connectivity index is 1.42. The molecule has 0 amide bonds. The second-order valence-corrected chi connectivity index (χ2v) is 12.6. The lowest BCUT2D eigenvalue weighted by atomic mass is 10.1. The predicted octanol–water partition coefficient (Wildman–Crippen LogP) is 11.6. The summed E-state index contributed by atoms with van der Waals surface area (Å²) in [6.07, 6.45) is 19.1. The van der Waals surface area contributed by atoms with Gasteiger partial charge in [-0.25, -0.2) is 9.59 Å². The fourth-order valence-corrected chi connectivity index (χ4v) is 5.31. The summed E-state index contributed by atoms with van der Waals surface area (Å²) in [5.41, 5.74) is 0.783. The first-order valence-corrected chi connectivity index (χ1v) is 18.7. The summed E-state index contributed by atoms with van der Waals surface area (Å²) in [5, 5.41) is 0. The molecule has 49 heavy (non-hydrogen) atoms. The molecule has 0 bridgehead atoms. The van der Waals surface area contributed by atoms with E-state index in [4.69, 9.17) is 23.7 Å². The van der Waals surface area contributed by atoms with E-state index in [0.29, 0.717) is 53.9 Å². The molecule has 7 heteroatoms. The zero-order valence-electron chi connectivity index (χ0n) is 30.1. The summed E-state index contributed by atoms with van der Waals surface area (Å²) in [7, 11) is 0. The lowest BCUT2D eigenvalue weighted by molar-refractivity contribution is 0.0719. The molecule has 0 spiro atoms. The molecule has 0 atom stereocenters. The normalized spacial score (nSPS) is 10.8. The third-order valence-corrected chi connectivity index (χ3v) is 8.29. The van der Waals surface area contributed by atoms with Gasteiger partial charge in [0.05, 0.1) is 30.9 Å². The number of esters is 2. The first-order chi connectivity index (χ1) is 24.0. The van der Waals surface area contributed by atoms with Crippen LogP contribution in [0.1, 0.15) is 144 Å². The van der Waals surface area contributed by atoms with Crippen LogP contribution in [0.15, 0.2) is 66.7 Å². The first-order valence-electron chi connectivity index (χ1n) is 18.7. The second-order valence-electron chi connectivity index (χ2n) is 12.6. The Kier molecular flexibility index (Phi) is 19.5. The van der Waals surface area contributed by atoms with Gasteiger partial charge in [0.2, 0.25) is 0 Å². The maximum atomic E-state index is 13.0. The third-order valence-electron chi connectivity index (χ3n) is 8.29. The van der Waals surface area contributed by atoms with E-state index in [1.807, 2.05) is 0 Å². The van der Waals surface area contributed by atoms with Gasteiger partial charge in [0.15, 0.2) is 11.5 Å². The van der Waals surface area contributed by atoms with Crippen LogP contribution in [-0.2, 0) is 0 Å². The zero-order valence-corrected chi connectivity index (χ0v) is 30.1. The summed E-state index contributed by atoms with van der Waals surface area (Å²) < 4.78 is 28.9. The summed E-state index contributed by atoms with van der Waals surface area (Å²) in [6, 6.07) is 18.5. The van der Waals surface area contributed by atoms with E-state index >= 15 is 0 Å². The fourth-order valence-electron chi connectivity index (χ4n) is 5.31. The third kappa shape index (κ3) is 15.8. The smallest absolute Gasteiger partial charge is 0.343 e. The molecule has 0 aromatic heterocycles. The molecule has 0 radical (unpaired) electrons. The minimum atomic E-state index is -0.517. The van der Waals surface area contributed by atoms with Crippen molar-refractivity contribution >= 4 is 11.9 Å². The Hall–Kier alpha value is -4.00. The molecular weight excluding hydrogens is 616 g/mol. The number of carbonyl (C=O) groups excluding carboxylic acids is 2. The van der Waals surface area contributed by atoms with Crippen LogP contribution in [0.3, 0.4) is 0 Å². The van der Waals surface area contributed by atoms with Crippen LogP contribution in [0.4, 0.5) is 0 Å². The molecule has 268 valence electrons. The van der Waals surface area contributed by atoms with E-state index in [1.54, 1.807) is 66.7 Å². The van der Waals surface area contributed by atoms with Gasteiger partial charge in [0, 0.05) is 0 Å². The standard InChI is InChI=1S/C42H58O7/c1-4-7-10-11-12-13-14-15-16-19-30-45-36-23-20-34(21-24-36)41(43)48-37-25-27-38(28-26-37)49-42(44)35-22-29-39(46-31-17-8-5-2)40(33-35)47-32-18-9-6-3/h20-29,33H,4-19,30-32H2,1-3H3. The highest BCUT2D eigenvalue weighted by Crippen LogP contribution is 2.30. The van der Waals surface area contributed by atoms with E-state index in [-0.39, 0.29) is 0 Å². The van der Waals surface area contributed by atoms with Crippen molar-refractivity contribution < 1.29 is 33.3 Å². The van der Waals surface area contributed by atoms with Gasteiger partial charge in [0.25, 0.3) is 0 Å². The minimum absolute atomic E-state index is 0.332. The number of unbranched alkanes of at least 4 members (excludes halogenated alkanes) is 13. The highest BCUT2D eigenvalue weighted by molar-refractivity contribution is 5.92. The van der Waals surface area contributed by atoms with Crippen molar-refractivity contribution in [2.75, 3.05) is 19.8 Å². The largest absolute Gasteiger partial charge is 0.494 e. The molecule has 0 N–H and O–H groups in total. The number of hydrogen-bond donors (Lipinski definition) is 0. The molecule has 3 rings (SSSR count). The molecule has 0 saturated heterocycles. The van der Waals surface area contributed by atoms with E-state index in [9.17, 15) is 9.59 Å². The molecule has 0 saturated carbocycles. The summed E-state index contributed by atoms with van der Waals surface area (Å²) in [6.45, 7) is 8.36. The predicted molar refractivity (Wildman–Crippen MR) is 197 cm³/mol. The van der Waals surface area contributed by atoms with Gasteiger partial charge >= 0.3 is 11.9 Å². The lowest BCUT2D eigenvalue weighted by Crippen LogP contribution is -2.10. The molecule has 0 aliphatic carbocycles. The summed E-state index contributed by atoms with van der Waals surface area (Å²) in [5.74, 6) is 1.59. The lowest BCUT2D eigenvalue weighted by Gasteiger charge is -2.14. The van der Waals surface area contributed by atoms with Crippen molar-refractivity contribution in [1.82, 2.24) is 0 Å². The molecule has 0 fully saturated rings. The molecule has 0 heterocycles. The Morgan fingerprint density at radius 1 is 0.408 bits per heavy atom. The van der Waals surface area contributed by atoms with Crippen molar-refractivity contribution in [1.29, 1.82) is 0 Å². The van der Waals surface area contributed by atoms with E-state index in [2.05, 4.69) is 20.8 Å². The maximum absolute atomic E-state index is 13.0. The molecule has 0 aliphatic rings. The average molecular weight is 675 g/mol. The van der Waals surface area contributed by atoms with Gasteiger partial charge < -0.3 is 23.7 Å². The molecular formula is C42H58O7. The SMILES string of the molecule is CCCCCCCCCCCCOc1ccc(C(=O)Oc2ccc(OC(=O)c3ccc(OCCCCC)c(OCCCCC)c3)cc2)cc1. The van der Waals surface area contributed by atoms with E-state index in [0.717, 1.165) is 50.7 Å². The van der Waals surface area contributed by atoms with Gasteiger partial charge in [-0.15, -0.1) is 0 Å². The van der Waals surface area contributed by atoms with Gasteiger partial charge in [-0.3, -0.25) is 0 Å². The first kappa shape index (κ1) is 39.4. The van der Waals surface area contributed by atoms with Crippen LogP contribution in [0.5, 0.6) is 28.7 Å². The van der Waals surface area contributed by atoms with E-state index in [1.165, 1.54) is 57.8 Å². The topological polar surface area (TPSA) is 80.3 Å². The Morgan fingerprint density at radius 2 is 0.796 bits per heavy atom. The monoisotopic (exact) mass is 674 g/mol. The summed E-state index contributed by atoms with van der Waals surface area (Å²) in [4.78, 5) is 25.7. The van der Waals surface area contributed by atoms with Crippen molar-refractivity contribution in [2.45, 2.75) is 124 Å². The molecule has 0 unspecified atom stereocenters. The number of rotatable bonds is 26. The molecule has 0 aliphatic heterocycles. The average Bonchev–Trinajstić information content (AvgIpc) is 3.12. The van der Waals surface area contributed by atoms with Crippen molar-refractivity contribution in [3.63, 3.8) is 0 Å². The molecule has 7 nitrogen and oxygen atoms in total. The van der Waals surface area contributed by atoms with Crippen molar-refractivity contribution in [3.8, 4) is 28.7 Å². The zero-order chi connectivity index (χ0) is 34.9. The van der Waals surface area contributed by atoms with Crippen LogP contribution in [0.2, 0.25) is 0 Å². The van der Waals surface area contributed by atoms with Crippen molar-refractivity contribution in [2.24, 2.45) is 0 Å². The van der Waals surface area contributed by atoms with Crippen LogP contribution in [0, 0.1) is 0 Å². The fraction of sp³-hybridized carbons (Fsp3) is 0.524. The highest BCUT2D eigenvalue weighted by Gasteiger charge is 2.15. The van der Waals surface area contributed by atoms with Gasteiger partial charge in [-0.05, 0) is 86.0 Å².